The van der Waals surface area contributed by atoms with Crippen molar-refractivity contribution >= 4 is 46.4 Å². The Morgan fingerprint density at radius 3 is 2.42 bits per heavy atom. The number of nitrogens with zero attached hydrogens (tertiary/aromatic N) is 1. The van der Waals surface area contributed by atoms with Crippen LogP contribution in [0, 0.1) is 24.0 Å². The second-order valence-corrected chi connectivity index (χ2v) is 7.04. The lowest BCUT2D eigenvalue weighted by molar-refractivity contribution is -0.384. The molecule has 2 aromatic rings. The lowest BCUT2D eigenvalue weighted by atomic mass is 10.1. The Morgan fingerprint density at radius 2 is 1.71 bits per heavy atom. The second-order valence-electron chi connectivity index (χ2n) is 6.63. The van der Waals surface area contributed by atoms with Crippen molar-refractivity contribution in [2.75, 3.05) is 5.32 Å². The van der Waals surface area contributed by atoms with Crippen LogP contribution < -0.4 is 21.5 Å². The van der Waals surface area contributed by atoms with Gasteiger partial charge in [0.1, 0.15) is 0 Å². The number of carbonyl (C=O) groups excluding carboxylic acids is 3. The van der Waals surface area contributed by atoms with E-state index < -0.39 is 16.7 Å². The molecule has 0 aromatic heterocycles. The highest BCUT2D eigenvalue weighted by Gasteiger charge is 2.13. The molecule has 0 spiro atoms. The second kappa shape index (κ2) is 10.8. The summed E-state index contributed by atoms with van der Waals surface area (Å²) in [7, 11) is 0. The number of hydrogen-bond acceptors (Lipinski definition) is 6. The average molecular weight is 443 g/mol. The summed E-state index contributed by atoms with van der Waals surface area (Å²) in [6, 6.07) is 10.8. The number of nitro benzene ring substituents is 1. The number of carbonyl (C=O) groups is 3. The maximum atomic E-state index is 12.1. The number of hydrogen-bond donors (Lipinski definition) is 4. The molecule has 4 N–H and O–H groups in total. The fourth-order valence-corrected chi connectivity index (χ4v) is 2.61. The van der Waals surface area contributed by atoms with Crippen LogP contribution >= 0.6 is 12.2 Å². The summed E-state index contributed by atoms with van der Waals surface area (Å²) in [6.07, 6.45) is -0.154. The summed E-state index contributed by atoms with van der Waals surface area (Å²) in [5.41, 5.74) is 7.02. The van der Waals surface area contributed by atoms with Crippen molar-refractivity contribution in [2.24, 2.45) is 0 Å². The molecular weight excluding hydrogens is 422 g/mol. The third-order valence-electron chi connectivity index (χ3n) is 4.11. The fraction of sp³-hybridized carbons (Fsp3) is 0.200. The Kier molecular flexibility index (Phi) is 8.15. The summed E-state index contributed by atoms with van der Waals surface area (Å²) in [5, 5.41) is 15.6. The number of anilines is 1. The van der Waals surface area contributed by atoms with Crippen LogP contribution in [-0.4, -0.2) is 27.8 Å². The quantitative estimate of drug-likeness (QED) is 0.305. The van der Waals surface area contributed by atoms with Crippen molar-refractivity contribution < 1.29 is 19.3 Å². The van der Waals surface area contributed by atoms with Crippen LogP contribution in [0.5, 0.6) is 0 Å². The SMILES string of the molecule is Cc1ccc(C)c(NC(=O)CCC(=O)NNC(=S)NC(=O)c2cccc([N+](=O)[O-])c2)c1. The highest BCUT2D eigenvalue weighted by Crippen LogP contribution is 2.16. The highest BCUT2D eigenvalue weighted by molar-refractivity contribution is 7.80. The first-order chi connectivity index (χ1) is 14.7. The first-order valence-corrected chi connectivity index (χ1v) is 9.58. The third-order valence-corrected chi connectivity index (χ3v) is 4.31. The minimum atomic E-state index is -0.677. The van der Waals surface area contributed by atoms with Crippen molar-refractivity contribution in [3.63, 3.8) is 0 Å². The Labute approximate surface area is 183 Å². The molecule has 2 aromatic carbocycles. The Balaban J connectivity index is 1.75. The standard InChI is InChI=1S/C20H21N5O5S/c1-12-6-7-13(2)16(10-12)21-17(26)8-9-18(27)23-24-20(31)22-19(28)14-4-3-5-15(11-14)25(29)30/h3-7,10-11H,8-9H2,1-2H3,(H,21,26)(H,23,27)(H2,22,24,28,31). The van der Waals surface area contributed by atoms with E-state index in [1.165, 1.54) is 18.2 Å². The number of nitrogens with one attached hydrogen (secondary N) is 4. The number of aryl methyl sites for hydroxylation is 2. The van der Waals surface area contributed by atoms with Crippen LogP contribution in [0.4, 0.5) is 11.4 Å². The normalized spacial score (nSPS) is 10.0. The molecule has 0 aliphatic heterocycles. The molecule has 3 amide bonds. The van der Waals surface area contributed by atoms with Crippen LogP contribution in [0.3, 0.4) is 0 Å². The molecule has 0 aliphatic carbocycles. The van der Waals surface area contributed by atoms with Crippen LogP contribution in [-0.2, 0) is 9.59 Å². The maximum absolute atomic E-state index is 12.1. The van der Waals surface area contributed by atoms with Gasteiger partial charge in [0, 0.05) is 36.2 Å². The molecule has 162 valence electrons. The summed E-state index contributed by atoms with van der Waals surface area (Å²) in [4.78, 5) is 46.2. The molecule has 2 rings (SSSR count). The molecule has 0 aliphatic rings. The molecule has 0 unspecified atom stereocenters. The monoisotopic (exact) mass is 443 g/mol. The lowest BCUT2D eigenvalue weighted by Crippen LogP contribution is -2.48. The number of hydrazine groups is 1. The van der Waals surface area contributed by atoms with Crippen LogP contribution in [0.15, 0.2) is 42.5 Å². The van der Waals surface area contributed by atoms with Gasteiger partial charge in [-0.05, 0) is 49.3 Å². The van der Waals surface area contributed by atoms with Gasteiger partial charge < -0.3 is 5.32 Å². The van der Waals surface area contributed by atoms with Gasteiger partial charge in [0.2, 0.25) is 11.8 Å². The van der Waals surface area contributed by atoms with E-state index in [0.29, 0.717) is 5.69 Å². The molecule has 0 saturated carbocycles. The number of non-ortho nitro benzene ring substituents is 1. The average Bonchev–Trinajstić information content (AvgIpc) is 2.73. The topological polar surface area (TPSA) is 142 Å². The van der Waals surface area contributed by atoms with E-state index in [0.717, 1.165) is 17.2 Å². The van der Waals surface area contributed by atoms with Crippen LogP contribution in [0.1, 0.15) is 34.3 Å². The first kappa shape index (κ1) is 23.4. The van der Waals surface area contributed by atoms with Gasteiger partial charge in [-0.1, -0.05) is 18.2 Å². The minimum Gasteiger partial charge on any atom is -0.326 e. The van der Waals surface area contributed by atoms with Gasteiger partial charge in [0.05, 0.1) is 4.92 Å². The van der Waals surface area contributed by atoms with Crippen LogP contribution in [0.25, 0.3) is 0 Å². The molecule has 0 radical (unpaired) electrons. The first-order valence-electron chi connectivity index (χ1n) is 9.17. The van der Waals surface area contributed by atoms with Gasteiger partial charge in [-0.3, -0.25) is 40.7 Å². The molecule has 11 heteroatoms. The number of nitro groups is 1. The number of benzene rings is 2. The van der Waals surface area contributed by atoms with Crippen molar-refractivity contribution in [1.29, 1.82) is 0 Å². The van der Waals surface area contributed by atoms with E-state index in [4.69, 9.17) is 12.2 Å². The molecule has 10 nitrogen and oxygen atoms in total. The summed E-state index contributed by atoms with van der Waals surface area (Å²) < 4.78 is 0. The van der Waals surface area contributed by atoms with Crippen molar-refractivity contribution in [2.45, 2.75) is 26.7 Å². The Bertz CT molecular complexity index is 1040. The van der Waals surface area contributed by atoms with E-state index in [1.807, 2.05) is 32.0 Å². The molecule has 31 heavy (non-hydrogen) atoms. The number of rotatable bonds is 6. The zero-order valence-corrected chi connectivity index (χ0v) is 17.7. The Morgan fingerprint density at radius 1 is 1.00 bits per heavy atom. The van der Waals surface area contributed by atoms with Gasteiger partial charge in [-0.15, -0.1) is 0 Å². The highest BCUT2D eigenvalue weighted by atomic mass is 32.1. The van der Waals surface area contributed by atoms with E-state index in [2.05, 4.69) is 21.5 Å². The molecule has 0 bridgehead atoms. The molecular formula is C20H21N5O5S. The third kappa shape index (κ3) is 7.48. The smallest absolute Gasteiger partial charge is 0.270 e. The van der Waals surface area contributed by atoms with Crippen molar-refractivity contribution in [3.8, 4) is 0 Å². The number of amides is 3. The van der Waals surface area contributed by atoms with Crippen molar-refractivity contribution in [1.82, 2.24) is 16.2 Å². The van der Waals surface area contributed by atoms with Gasteiger partial charge in [-0.2, -0.15) is 0 Å². The van der Waals surface area contributed by atoms with Crippen LogP contribution in [0.2, 0.25) is 0 Å². The van der Waals surface area contributed by atoms with E-state index in [1.54, 1.807) is 0 Å². The molecule has 0 saturated heterocycles. The summed E-state index contributed by atoms with van der Waals surface area (Å²) in [5.74, 6) is -1.50. The largest absolute Gasteiger partial charge is 0.326 e. The zero-order chi connectivity index (χ0) is 23.0. The predicted molar refractivity (Wildman–Crippen MR) is 118 cm³/mol. The fourth-order valence-electron chi connectivity index (χ4n) is 2.47. The Hall–Kier alpha value is -3.86. The molecule has 0 fully saturated rings. The maximum Gasteiger partial charge on any atom is 0.270 e. The summed E-state index contributed by atoms with van der Waals surface area (Å²) in [6.45, 7) is 3.78. The van der Waals surface area contributed by atoms with E-state index in [-0.39, 0.29) is 35.1 Å². The predicted octanol–water partition coefficient (Wildman–Crippen LogP) is 2.27. The van der Waals surface area contributed by atoms with Gasteiger partial charge in [-0.25, -0.2) is 0 Å². The van der Waals surface area contributed by atoms with Crippen molar-refractivity contribution in [3.05, 3.63) is 69.3 Å². The molecule has 0 atom stereocenters. The van der Waals surface area contributed by atoms with Gasteiger partial charge in [0.15, 0.2) is 5.11 Å². The van der Waals surface area contributed by atoms with E-state index >= 15 is 0 Å². The zero-order valence-electron chi connectivity index (χ0n) is 16.9. The van der Waals surface area contributed by atoms with Gasteiger partial charge in [0.25, 0.3) is 11.6 Å². The minimum absolute atomic E-state index is 0.0350. The molecule has 0 heterocycles. The summed E-state index contributed by atoms with van der Waals surface area (Å²) >= 11 is 4.91. The lowest BCUT2D eigenvalue weighted by Gasteiger charge is -2.11. The number of thiocarbonyl (C=S) groups is 1. The van der Waals surface area contributed by atoms with Gasteiger partial charge >= 0.3 is 0 Å². The van der Waals surface area contributed by atoms with E-state index in [9.17, 15) is 24.5 Å².